The minimum absolute atomic E-state index is 0.0551. The van der Waals surface area contributed by atoms with E-state index in [0.717, 1.165) is 0 Å². The van der Waals surface area contributed by atoms with Crippen LogP contribution in [0.15, 0.2) is 0 Å². The normalized spacial score (nSPS) is 20.9. The zero-order chi connectivity index (χ0) is 15.6. The van der Waals surface area contributed by atoms with Gasteiger partial charge in [-0.25, -0.2) is 18.0 Å². The van der Waals surface area contributed by atoms with E-state index in [0.29, 0.717) is 12.8 Å². The van der Waals surface area contributed by atoms with Crippen LogP contribution in [-0.4, -0.2) is 49.1 Å². The number of hydrogen-bond donors (Lipinski definition) is 3. The van der Waals surface area contributed by atoms with Gasteiger partial charge in [-0.05, 0) is 18.3 Å². The number of carbonyl (C=O) groups is 2. The molecule has 0 aliphatic carbocycles. The second-order valence-electron chi connectivity index (χ2n) is 6.18. The quantitative estimate of drug-likeness (QED) is 0.697. The molecule has 1 atom stereocenters. The molecule has 1 heterocycles. The second-order valence-corrected chi connectivity index (χ2v) is 8.48. The molecule has 0 radical (unpaired) electrons. The molecule has 7 nitrogen and oxygen atoms in total. The summed E-state index contributed by atoms with van der Waals surface area (Å²) in [5, 5.41) is 14.2. The predicted molar refractivity (Wildman–Crippen MR) is 74.2 cm³/mol. The Bertz CT molecular complexity index is 467. The van der Waals surface area contributed by atoms with Crippen molar-refractivity contribution in [2.45, 2.75) is 45.7 Å². The zero-order valence-electron chi connectivity index (χ0n) is 12.0. The van der Waals surface area contributed by atoms with Crippen molar-refractivity contribution in [3.05, 3.63) is 0 Å². The summed E-state index contributed by atoms with van der Waals surface area (Å²) in [6, 6.07) is -1.81. The molecule has 20 heavy (non-hydrogen) atoms. The van der Waals surface area contributed by atoms with Gasteiger partial charge >= 0.3 is 12.0 Å². The lowest BCUT2D eigenvalue weighted by atomic mass is 9.87. The third-order valence-electron chi connectivity index (χ3n) is 3.28. The van der Waals surface area contributed by atoms with Gasteiger partial charge in [0.25, 0.3) is 0 Å². The van der Waals surface area contributed by atoms with Gasteiger partial charge in [0.1, 0.15) is 15.9 Å². The topological polar surface area (TPSA) is 113 Å². The number of sulfone groups is 1. The van der Waals surface area contributed by atoms with Gasteiger partial charge < -0.3 is 15.7 Å². The molecule has 0 aromatic heterocycles. The summed E-state index contributed by atoms with van der Waals surface area (Å²) in [6.07, 6.45) is 0.728. The smallest absolute Gasteiger partial charge is 0.326 e. The number of amides is 2. The molecule has 0 bridgehead atoms. The Labute approximate surface area is 119 Å². The summed E-state index contributed by atoms with van der Waals surface area (Å²) in [7, 11) is -2.98. The highest BCUT2D eigenvalue weighted by atomic mass is 32.2. The minimum Gasteiger partial charge on any atom is -0.480 e. The van der Waals surface area contributed by atoms with Crippen LogP contribution in [0.1, 0.15) is 33.6 Å². The van der Waals surface area contributed by atoms with E-state index in [-0.39, 0.29) is 17.5 Å². The predicted octanol–water partition coefficient (Wildman–Crippen LogP) is 0.362. The lowest BCUT2D eigenvalue weighted by Gasteiger charge is -2.29. The molecule has 1 rings (SSSR count). The fourth-order valence-electron chi connectivity index (χ4n) is 2.04. The van der Waals surface area contributed by atoms with E-state index in [4.69, 9.17) is 5.11 Å². The van der Waals surface area contributed by atoms with Gasteiger partial charge in [-0.15, -0.1) is 0 Å². The number of aliphatic carboxylic acids is 1. The van der Waals surface area contributed by atoms with Gasteiger partial charge in [-0.1, -0.05) is 20.8 Å². The van der Waals surface area contributed by atoms with Crippen molar-refractivity contribution >= 4 is 21.8 Å². The highest BCUT2D eigenvalue weighted by Crippen LogP contribution is 2.19. The molecular formula is C12H22N2O5S. The van der Waals surface area contributed by atoms with Crippen molar-refractivity contribution in [2.75, 3.05) is 11.5 Å². The molecule has 0 spiro atoms. The van der Waals surface area contributed by atoms with E-state index in [1.54, 1.807) is 20.8 Å². The van der Waals surface area contributed by atoms with E-state index in [1.165, 1.54) is 0 Å². The van der Waals surface area contributed by atoms with Crippen LogP contribution in [0.5, 0.6) is 0 Å². The highest BCUT2D eigenvalue weighted by Gasteiger charge is 2.33. The van der Waals surface area contributed by atoms with Crippen LogP contribution >= 0.6 is 0 Å². The van der Waals surface area contributed by atoms with E-state index >= 15 is 0 Å². The molecular weight excluding hydrogens is 284 g/mol. The number of carbonyl (C=O) groups excluding carboxylic acids is 1. The number of carboxylic acid groups (broad SMARTS) is 1. The largest absolute Gasteiger partial charge is 0.480 e. The first-order chi connectivity index (χ1) is 9.01. The SMILES string of the molecule is CC(C)(C)[C@H](NC(=O)NC1CCS(=O)(=O)CC1)C(=O)O. The summed E-state index contributed by atoms with van der Waals surface area (Å²) in [6.45, 7) is 5.16. The standard InChI is InChI=1S/C12H22N2O5S/c1-12(2,3)9(10(15)16)14-11(17)13-8-4-6-20(18,19)7-5-8/h8-9H,4-7H2,1-3H3,(H,15,16)(H2,13,14,17)/t9-/m1/s1. The van der Waals surface area contributed by atoms with Crippen LogP contribution in [0, 0.1) is 5.41 Å². The number of rotatable bonds is 3. The van der Waals surface area contributed by atoms with Gasteiger partial charge in [0.05, 0.1) is 11.5 Å². The van der Waals surface area contributed by atoms with Gasteiger partial charge in [-0.3, -0.25) is 0 Å². The molecule has 1 aliphatic heterocycles. The molecule has 116 valence electrons. The summed E-state index contributed by atoms with van der Waals surface area (Å²) < 4.78 is 22.5. The fraction of sp³-hybridized carbons (Fsp3) is 0.833. The van der Waals surface area contributed by atoms with Crippen LogP contribution in [0.25, 0.3) is 0 Å². The maximum Gasteiger partial charge on any atom is 0.326 e. The molecule has 1 fully saturated rings. The van der Waals surface area contributed by atoms with Gasteiger partial charge in [-0.2, -0.15) is 0 Å². The lowest BCUT2D eigenvalue weighted by molar-refractivity contribution is -0.141. The summed E-state index contributed by atoms with van der Waals surface area (Å²) >= 11 is 0. The molecule has 0 unspecified atom stereocenters. The van der Waals surface area contributed by atoms with Crippen molar-refractivity contribution in [1.29, 1.82) is 0 Å². The molecule has 0 aromatic carbocycles. The summed E-state index contributed by atoms with van der Waals surface area (Å²) in [5.41, 5.74) is -0.612. The van der Waals surface area contributed by atoms with Crippen LogP contribution in [0.3, 0.4) is 0 Å². The first kappa shape index (κ1) is 16.7. The van der Waals surface area contributed by atoms with Crippen LogP contribution in [0.2, 0.25) is 0 Å². The van der Waals surface area contributed by atoms with Crippen molar-refractivity contribution in [1.82, 2.24) is 10.6 Å². The fourth-order valence-corrected chi connectivity index (χ4v) is 3.53. The van der Waals surface area contributed by atoms with E-state index < -0.39 is 33.3 Å². The number of urea groups is 1. The molecule has 0 saturated carbocycles. The van der Waals surface area contributed by atoms with Gasteiger partial charge in [0, 0.05) is 6.04 Å². The van der Waals surface area contributed by atoms with Crippen molar-refractivity contribution < 1.29 is 23.1 Å². The first-order valence-corrected chi connectivity index (χ1v) is 8.34. The van der Waals surface area contributed by atoms with Crippen LogP contribution in [0.4, 0.5) is 4.79 Å². The summed E-state index contributed by atoms with van der Waals surface area (Å²) in [4.78, 5) is 22.9. The third kappa shape index (κ3) is 4.99. The second kappa shape index (κ2) is 5.99. The van der Waals surface area contributed by atoms with E-state index in [1.807, 2.05) is 0 Å². The zero-order valence-corrected chi connectivity index (χ0v) is 12.8. The molecule has 2 amide bonds. The Morgan fingerprint density at radius 1 is 1.20 bits per heavy atom. The van der Waals surface area contributed by atoms with Crippen molar-refractivity contribution in [3.63, 3.8) is 0 Å². The number of nitrogens with one attached hydrogen (secondary N) is 2. The molecule has 0 aromatic rings. The molecule has 3 N–H and O–H groups in total. The maximum atomic E-state index is 11.8. The van der Waals surface area contributed by atoms with Gasteiger partial charge in [0.15, 0.2) is 0 Å². The Balaban J connectivity index is 2.53. The minimum atomic E-state index is -2.98. The molecule has 8 heteroatoms. The Hall–Kier alpha value is -1.31. The lowest BCUT2D eigenvalue weighted by Crippen LogP contribution is -2.54. The molecule has 1 aliphatic rings. The number of hydrogen-bond acceptors (Lipinski definition) is 4. The first-order valence-electron chi connectivity index (χ1n) is 6.51. The monoisotopic (exact) mass is 306 g/mol. The average molecular weight is 306 g/mol. The van der Waals surface area contributed by atoms with Crippen LogP contribution in [-0.2, 0) is 14.6 Å². The number of carboxylic acids is 1. The Morgan fingerprint density at radius 3 is 2.10 bits per heavy atom. The third-order valence-corrected chi connectivity index (χ3v) is 4.99. The van der Waals surface area contributed by atoms with Crippen molar-refractivity contribution in [3.8, 4) is 0 Å². The van der Waals surface area contributed by atoms with Crippen LogP contribution < -0.4 is 10.6 Å². The Kier molecular flexibility index (Phi) is 5.01. The average Bonchev–Trinajstić information content (AvgIpc) is 2.27. The molecule has 1 saturated heterocycles. The maximum absolute atomic E-state index is 11.8. The van der Waals surface area contributed by atoms with E-state index in [9.17, 15) is 18.0 Å². The highest BCUT2D eigenvalue weighted by molar-refractivity contribution is 7.91. The summed E-state index contributed by atoms with van der Waals surface area (Å²) in [5.74, 6) is -0.988. The van der Waals surface area contributed by atoms with E-state index in [2.05, 4.69) is 10.6 Å². The Morgan fingerprint density at radius 2 is 1.70 bits per heavy atom. The van der Waals surface area contributed by atoms with Gasteiger partial charge in [0.2, 0.25) is 0 Å². The van der Waals surface area contributed by atoms with Crippen molar-refractivity contribution in [2.24, 2.45) is 5.41 Å².